The molecular formula is C14H19BrO3. The summed E-state index contributed by atoms with van der Waals surface area (Å²) in [5, 5.41) is 18.7. The minimum Gasteiger partial charge on any atom is -0.396 e. The third-order valence-electron chi connectivity index (χ3n) is 2.71. The smallest absolute Gasteiger partial charge is 0.139 e. The average molecular weight is 315 g/mol. The van der Waals surface area contributed by atoms with Gasteiger partial charge in [0.15, 0.2) is 0 Å². The first-order valence-corrected chi connectivity index (χ1v) is 6.80. The molecule has 1 aromatic rings. The van der Waals surface area contributed by atoms with E-state index in [1.807, 2.05) is 30.3 Å². The number of allylic oxidation sites excluding steroid dienone is 1. The molecule has 0 aromatic heterocycles. The molecule has 0 aliphatic heterocycles. The maximum atomic E-state index is 10.0. The van der Waals surface area contributed by atoms with Crippen molar-refractivity contribution in [3.8, 4) is 0 Å². The summed E-state index contributed by atoms with van der Waals surface area (Å²) < 4.78 is 5.54. The van der Waals surface area contributed by atoms with E-state index in [9.17, 15) is 10.2 Å². The number of aliphatic hydroxyl groups is 2. The second kappa shape index (κ2) is 8.43. The fraction of sp³-hybridized carbons (Fsp3) is 0.429. The van der Waals surface area contributed by atoms with Crippen molar-refractivity contribution in [3.63, 3.8) is 0 Å². The lowest BCUT2D eigenvalue weighted by molar-refractivity contribution is -0.0305. The minimum atomic E-state index is -0.767. The van der Waals surface area contributed by atoms with Crippen LogP contribution in [0.25, 0.3) is 0 Å². The average Bonchev–Trinajstić information content (AvgIpc) is 2.42. The summed E-state index contributed by atoms with van der Waals surface area (Å²) in [6.45, 7) is 3.93. The summed E-state index contributed by atoms with van der Waals surface area (Å²) in [5.41, 5.74) is 1.04. The highest BCUT2D eigenvalue weighted by atomic mass is 79.9. The zero-order chi connectivity index (χ0) is 13.4. The van der Waals surface area contributed by atoms with Gasteiger partial charge < -0.3 is 14.9 Å². The molecule has 0 fully saturated rings. The largest absolute Gasteiger partial charge is 0.396 e. The maximum Gasteiger partial charge on any atom is 0.139 e. The van der Waals surface area contributed by atoms with Crippen LogP contribution in [0.4, 0.5) is 0 Å². The standard InChI is InChI=1S/C14H19BrO3/c1-2-6-12(9-16)13(17)14(15)18-10-11-7-4-3-5-8-11/h2-5,7-8,12-14,16-17H,1,6,9-10H2/t12-,13-,14?/m1/s1. The van der Waals surface area contributed by atoms with Crippen molar-refractivity contribution < 1.29 is 14.9 Å². The van der Waals surface area contributed by atoms with Crippen LogP contribution in [0.15, 0.2) is 43.0 Å². The summed E-state index contributed by atoms with van der Waals surface area (Å²) in [6.07, 6.45) is 1.46. The second-order valence-electron chi connectivity index (χ2n) is 4.11. The Balaban J connectivity index is 2.44. The molecule has 2 N–H and O–H groups in total. The fourth-order valence-corrected chi connectivity index (χ4v) is 2.16. The summed E-state index contributed by atoms with van der Waals surface area (Å²) in [6, 6.07) is 9.73. The first kappa shape index (κ1) is 15.4. The van der Waals surface area contributed by atoms with Crippen LogP contribution in [0.1, 0.15) is 12.0 Å². The van der Waals surface area contributed by atoms with Crippen LogP contribution in [-0.4, -0.2) is 27.9 Å². The van der Waals surface area contributed by atoms with E-state index in [-0.39, 0.29) is 12.5 Å². The number of ether oxygens (including phenoxy) is 1. The molecule has 0 amide bonds. The number of halogens is 1. The van der Waals surface area contributed by atoms with Crippen molar-refractivity contribution in [3.05, 3.63) is 48.6 Å². The molecule has 0 saturated carbocycles. The van der Waals surface area contributed by atoms with Crippen LogP contribution >= 0.6 is 15.9 Å². The third-order valence-corrected chi connectivity index (χ3v) is 3.51. The number of benzene rings is 1. The van der Waals surface area contributed by atoms with Crippen LogP contribution in [0.5, 0.6) is 0 Å². The summed E-state index contributed by atoms with van der Waals surface area (Å²) in [7, 11) is 0. The van der Waals surface area contributed by atoms with Crippen LogP contribution in [-0.2, 0) is 11.3 Å². The van der Waals surface area contributed by atoms with Crippen molar-refractivity contribution in [2.75, 3.05) is 6.61 Å². The number of hydrogen-bond donors (Lipinski definition) is 2. The highest BCUT2D eigenvalue weighted by molar-refractivity contribution is 9.09. The monoisotopic (exact) mass is 314 g/mol. The second-order valence-corrected chi connectivity index (χ2v) is 5.01. The molecule has 0 saturated heterocycles. The molecule has 0 spiro atoms. The van der Waals surface area contributed by atoms with E-state index in [1.54, 1.807) is 6.08 Å². The first-order valence-electron chi connectivity index (χ1n) is 5.88. The molecule has 18 heavy (non-hydrogen) atoms. The molecular weight excluding hydrogens is 296 g/mol. The van der Waals surface area contributed by atoms with E-state index in [0.717, 1.165) is 5.56 Å². The van der Waals surface area contributed by atoms with Crippen LogP contribution in [0.2, 0.25) is 0 Å². The Hall–Kier alpha value is -0.680. The van der Waals surface area contributed by atoms with Gasteiger partial charge in [0.25, 0.3) is 0 Å². The Kier molecular flexibility index (Phi) is 7.20. The Morgan fingerprint density at radius 2 is 2.00 bits per heavy atom. The molecule has 1 rings (SSSR count). The zero-order valence-electron chi connectivity index (χ0n) is 10.2. The van der Waals surface area contributed by atoms with Crippen LogP contribution in [0, 0.1) is 5.92 Å². The lowest BCUT2D eigenvalue weighted by Gasteiger charge is -2.24. The highest BCUT2D eigenvalue weighted by Gasteiger charge is 2.25. The highest BCUT2D eigenvalue weighted by Crippen LogP contribution is 2.20. The lowest BCUT2D eigenvalue weighted by atomic mass is 10.0. The maximum absolute atomic E-state index is 10.0. The van der Waals surface area contributed by atoms with Gasteiger partial charge in [-0.3, -0.25) is 0 Å². The van der Waals surface area contributed by atoms with E-state index >= 15 is 0 Å². The molecule has 0 aliphatic carbocycles. The zero-order valence-corrected chi connectivity index (χ0v) is 11.8. The molecule has 3 nitrogen and oxygen atoms in total. The van der Waals surface area contributed by atoms with Gasteiger partial charge in [-0.05, 0) is 12.0 Å². The summed E-state index contributed by atoms with van der Waals surface area (Å²) in [5.74, 6) is -0.261. The first-order chi connectivity index (χ1) is 8.69. The van der Waals surface area contributed by atoms with Crippen molar-refractivity contribution in [1.29, 1.82) is 0 Å². The van der Waals surface area contributed by atoms with Gasteiger partial charge in [-0.15, -0.1) is 6.58 Å². The van der Waals surface area contributed by atoms with Crippen molar-refractivity contribution in [2.45, 2.75) is 24.1 Å². The van der Waals surface area contributed by atoms with Crippen LogP contribution in [0.3, 0.4) is 0 Å². The predicted octanol–water partition coefficient (Wildman–Crippen LogP) is 2.47. The van der Waals surface area contributed by atoms with Gasteiger partial charge in [0.2, 0.25) is 0 Å². The third kappa shape index (κ3) is 4.90. The topological polar surface area (TPSA) is 49.7 Å². The molecule has 1 unspecified atom stereocenters. The van der Waals surface area contributed by atoms with Crippen molar-refractivity contribution in [1.82, 2.24) is 0 Å². The fourth-order valence-electron chi connectivity index (χ4n) is 1.60. The molecule has 0 bridgehead atoms. The molecule has 0 heterocycles. The lowest BCUT2D eigenvalue weighted by Crippen LogP contribution is -2.33. The van der Waals surface area contributed by atoms with Gasteiger partial charge in [0.05, 0.1) is 12.7 Å². The van der Waals surface area contributed by atoms with E-state index in [2.05, 4.69) is 22.5 Å². The van der Waals surface area contributed by atoms with Crippen molar-refractivity contribution >= 4 is 15.9 Å². The number of rotatable bonds is 8. The molecule has 100 valence electrons. The molecule has 0 radical (unpaired) electrons. The number of alkyl halides is 1. The minimum absolute atomic E-state index is 0.0933. The van der Waals surface area contributed by atoms with Gasteiger partial charge in [0.1, 0.15) is 5.01 Å². The van der Waals surface area contributed by atoms with E-state index in [1.165, 1.54) is 0 Å². The summed E-state index contributed by atoms with van der Waals surface area (Å²) >= 11 is 3.29. The normalized spacial score (nSPS) is 15.9. The van der Waals surface area contributed by atoms with Gasteiger partial charge in [-0.25, -0.2) is 0 Å². The predicted molar refractivity (Wildman–Crippen MR) is 75.3 cm³/mol. The number of hydrogen-bond acceptors (Lipinski definition) is 3. The Bertz CT molecular complexity index is 342. The van der Waals surface area contributed by atoms with Gasteiger partial charge in [0, 0.05) is 12.5 Å². The van der Waals surface area contributed by atoms with E-state index in [0.29, 0.717) is 13.0 Å². The quantitative estimate of drug-likeness (QED) is 0.572. The van der Waals surface area contributed by atoms with Gasteiger partial charge >= 0.3 is 0 Å². The Morgan fingerprint density at radius 1 is 1.33 bits per heavy atom. The number of aliphatic hydroxyl groups excluding tert-OH is 2. The molecule has 4 heteroatoms. The SMILES string of the molecule is C=CC[C@H](CO)[C@@H](O)C(Br)OCc1ccccc1. The molecule has 0 aliphatic rings. The van der Waals surface area contributed by atoms with E-state index in [4.69, 9.17) is 4.74 Å². The van der Waals surface area contributed by atoms with E-state index < -0.39 is 11.1 Å². The van der Waals surface area contributed by atoms with Gasteiger partial charge in [-0.1, -0.05) is 52.3 Å². The Labute approximate surface area is 116 Å². The molecule has 1 aromatic carbocycles. The summed E-state index contributed by atoms with van der Waals surface area (Å²) in [4.78, 5) is 0. The van der Waals surface area contributed by atoms with Gasteiger partial charge in [-0.2, -0.15) is 0 Å². The van der Waals surface area contributed by atoms with Crippen molar-refractivity contribution in [2.24, 2.45) is 5.92 Å². The molecule has 3 atom stereocenters. The van der Waals surface area contributed by atoms with Crippen LogP contribution < -0.4 is 0 Å². The Morgan fingerprint density at radius 3 is 2.56 bits per heavy atom.